The lowest BCUT2D eigenvalue weighted by Crippen LogP contribution is -2.35. The number of halogens is 1. The highest BCUT2D eigenvalue weighted by atomic mass is 35.5. The van der Waals surface area contributed by atoms with E-state index >= 15 is 0 Å². The van der Waals surface area contributed by atoms with Crippen LogP contribution in [0.3, 0.4) is 0 Å². The quantitative estimate of drug-likeness (QED) is 0.884. The van der Waals surface area contributed by atoms with Gasteiger partial charge in [-0.3, -0.25) is 9.59 Å². The third-order valence-corrected chi connectivity index (χ3v) is 3.51. The van der Waals surface area contributed by atoms with Crippen LogP contribution < -0.4 is 10.6 Å². The fourth-order valence-corrected chi connectivity index (χ4v) is 2.25. The third-order valence-electron chi connectivity index (χ3n) is 3.20. The highest BCUT2D eigenvalue weighted by molar-refractivity contribution is 6.33. The average Bonchev–Trinajstić information content (AvgIpc) is 2.70. The van der Waals surface area contributed by atoms with E-state index in [1.807, 2.05) is 0 Å². The second-order valence-corrected chi connectivity index (χ2v) is 5.25. The molecule has 0 unspecified atom stereocenters. The van der Waals surface area contributed by atoms with E-state index in [-0.39, 0.29) is 17.5 Å². The van der Waals surface area contributed by atoms with E-state index in [1.165, 1.54) is 0 Å². The molecule has 6 nitrogen and oxygen atoms in total. The maximum atomic E-state index is 12.5. The minimum atomic E-state index is -0.239. The van der Waals surface area contributed by atoms with Crippen LogP contribution in [0.2, 0.25) is 5.02 Å². The summed E-state index contributed by atoms with van der Waals surface area (Å²) in [7, 11) is 0. The number of hydrogen-bond donors (Lipinski definition) is 2. The molecule has 1 aromatic rings. The summed E-state index contributed by atoms with van der Waals surface area (Å²) >= 11 is 6.09. The van der Waals surface area contributed by atoms with Gasteiger partial charge in [0.05, 0.1) is 5.02 Å². The van der Waals surface area contributed by atoms with Crippen LogP contribution >= 0.6 is 11.6 Å². The summed E-state index contributed by atoms with van der Waals surface area (Å²) in [6.07, 6.45) is 1.27. The van der Waals surface area contributed by atoms with Gasteiger partial charge in [-0.1, -0.05) is 18.5 Å². The van der Waals surface area contributed by atoms with Crippen molar-refractivity contribution in [1.29, 1.82) is 0 Å². The van der Waals surface area contributed by atoms with Crippen molar-refractivity contribution in [3.05, 3.63) is 22.8 Å². The number of nitrogens with one attached hydrogen (secondary N) is 2. The Morgan fingerprint density at radius 2 is 2.29 bits per heavy atom. The van der Waals surface area contributed by atoms with Crippen molar-refractivity contribution >= 4 is 29.2 Å². The molecule has 0 saturated carbocycles. The Balaban J connectivity index is 2.15. The number of anilines is 1. The number of pyridine rings is 1. The molecule has 0 radical (unpaired) electrons. The second-order valence-electron chi connectivity index (χ2n) is 4.85. The number of aromatic nitrogens is 1. The van der Waals surface area contributed by atoms with Crippen LogP contribution in [-0.2, 0) is 4.79 Å². The van der Waals surface area contributed by atoms with Crippen molar-refractivity contribution in [2.24, 2.45) is 0 Å². The SMILES string of the molecule is CCCNc1ccc(Cl)c(C(=O)N2CCNC(=O)CC2)n1. The molecule has 2 rings (SSSR count). The molecule has 2 heterocycles. The van der Waals surface area contributed by atoms with Crippen molar-refractivity contribution < 1.29 is 9.59 Å². The largest absolute Gasteiger partial charge is 0.370 e. The topological polar surface area (TPSA) is 74.3 Å². The Morgan fingerprint density at radius 3 is 3.05 bits per heavy atom. The Kier molecular flexibility index (Phi) is 5.38. The van der Waals surface area contributed by atoms with Gasteiger partial charge in [0.2, 0.25) is 5.91 Å². The average molecular weight is 311 g/mol. The Hall–Kier alpha value is -1.82. The number of carbonyl (C=O) groups is 2. The highest BCUT2D eigenvalue weighted by Gasteiger charge is 2.23. The van der Waals surface area contributed by atoms with Gasteiger partial charge in [-0.05, 0) is 18.6 Å². The van der Waals surface area contributed by atoms with Crippen LogP contribution in [0.15, 0.2) is 12.1 Å². The molecule has 2 amide bonds. The summed E-state index contributed by atoms with van der Waals surface area (Å²) in [5.41, 5.74) is 0.229. The number of hydrogen-bond acceptors (Lipinski definition) is 4. The van der Waals surface area contributed by atoms with Crippen LogP contribution in [0.4, 0.5) is 5.82 Å². The highest BCUT2D eigenvalue weighted by Crippen LogP contribution is 2.19. The summed E-state index contributed by atoms with van der Waals surface area (Å²) in [5, 5.41) is 6.19. The van der Waals surface area contributed by atoms with E-state index in [9.17, 15) is 9.59 Å². The summed E-state index contributed by atoms with van der Waals surface area (Å²) < 4.78 is 0. The molecule has 1 fully saturated rings. The lowest BCUT2D eigenvalue weighted by molar-refractivity contribution is -0.120. The first-order valence-electron chi connectivity index (χ1n) is 7.08. The zero-order valence-electron chi connectivity index (χ0n) is 12.0. The van der Waals surface area contributed by atoms with Gasteiger partial charge in [-0.25, -0.2) is 4.98 Å². The van der Waals surface area contributed by atoms with E-state index in [0.717, 1.165) is 13.0 Å². The van der Waals surface area contributed by atoms with E-state index in [2.05, 4.69) is 22.5 Å². The fourth-order valence-electron chi connectivity index (χ4n) is 2.06. The van der Waals surface area contributed by atoms with Gasteiger partial charge in [-0.15, -0.1) is 0 Å². The number of amides is 2. The van der Waals surface area contributed by atoms with Crippen LogP contribution in [0, 0.1) is 0 Å². The fraction of sp³-hybridized carbons (Fsp3) is 0.500. The lowest BCUT2D eigenvalue weighted by atomic mass is 10.3. The molecule has 0 atom stereocenters. The van der Waals surface area contributed by atoms with Gasteiger partial charge in [0, 0.05) is 32.6 Å². The zero-order chi connectivity index (χ0) is 15.2. The van der Waals surface area contributed by atoms with Crippen molar-refractivity contribution in [2.45, 2.75) is 19.8 Å². The molecular weight excluding hydrogens is 292 g/mol. The molecule has 1 aliphatic heterocycles. The smallest absolute Gasteiger partial charge is 0.274 e. The Morgan fingerprint density at radius 1 is 1.48 bits per heavy atom. The van der Waals surface area contributed by atoms with Crippen molar-refractivity contribution in [3.8, 4) is 0 Å². The van der Waals surface area contributed by atoms with Crippen LogP contribution in [0.5, 0.6) is 0 Å². The van der Waals surface area contributed by atoms with E-state index in [1.54, 1.807) is 17.0 Å². The van der Waals surface area contributed by atoms with Gasteiger partial charge < -0.3 is 15.5 Å². The summed E-state index contributed by atoms with van der Waals surface area (Å²) in [5.74, 6) is 0.355. The first kappa shape index (κ1) is 15.6. The second kappa shape index (κ2) is 7.26. The maximum absolute atomic E-state index is 12.5. The van der Waals surface area contributed by atoms with E-state index in [0.29, 0.717) is 36.9 Å². The number of rotatable bonds is 4. The predicted molar refractivity (Wildman–Crippen MR) is 81.6 cm³/mol. The van der Waals surface area contributed by atoms with Crippen LogP contribution in [0.25, 0.3) is 0 Å². The first-order chi connectivity index (χ1) is 10.1. The Bertz CT molecular complexity index is 536. The normalized spacial score (nSPS) is 15.3. The van der Waals surface area contributed by atoms with Gasteiger partial charge in [-0.2, -0.15) is 0 Å². The minimum absolute atomic E-state index is 0.0391. The van der Waals surface area contributed by atoms with Crippen molar-refractivity contribution in [1.82, 2.24) is 15.2 Å². The van der Waals surface area contributed by atoms with Crippen molar-refractivity contribution in [2.75, 3.05) is 31.5 Å². The molecular formula is C14H19ClN4O2. The zero-order valence-corrected chi connectivity index (χ0v) is 12.7. The molecule has 1 aromatic heterocycles. The van der Waals surface area contributed by atoms with Gasteiger partial charge >= 0.3 is 0 Å². The summed E-state index contributed by atoms with van der Waals surface area (Å²) in [4.78, 5) is 29.7. The number of carbonyl (C=O) groups excluding carboxylic acids is 2. The van der Waals surface area contributed by atoms with E-state index < -0.39 is 0 Å². The van der Waals surface area contributed by atoms with Crippen LogP contribution in [-0.4, -0.2) is 47.9 Å². The molecule has 2 N–H and O–H groups in total. The monoisotopic (exact) mass is 310 g/mol. The molecule has 1 aliphatic rings. The third kappa shape index (κ3) is 4.07. The maximum Gasteiger partial charge on any atom is 0.274 e. The van der Waals surface area contributed by atoms with Gasteiger partial charge in [0.1, 0.15) is 11.5 Å². The molecule has 0 aromatic carbocycles. The predicted octanol–water partition coefficient (Wildman–Crippen LogP) is 1.52. The standard InChI is InChI=1S/C14H19ClN4O2/c1-2-6-16-11-4-3-10(15)13(18-11)14(21)19-8-5-12(20)17-7-9-19/h3-4H,2,5-9H2,1H3,(H,16,18)(H,17,20). The van der Waals surface area contributed by atoms with Gasteiger partial charge in [0.25, 0.3) is 5.91 Å². The number of nitrogens with zero attached hydrogens (tertiary/aromatic N) is 2. The molecule has 114 valence electrons. The van der Waals surface area contributed by atoms with Crippen LogP contribution in [0.1, 0.15) is 30.3 Å². The van der Waals surface area contributed by atoms with E-state index in [4.69, 9.17) is 11.6 Å². The Labute approximate surface area is 128 Å². The lowest BCUT2D eigenvalue weighted by Gasteiger charge is -2.20. The molecule has 0 spiro atoms. The molecule has 1 saturated heterocycles. The van der Waals surface area contributed by atoms with Crippen molar-refractivity contribution in [3.63, 3.8) is 0 Å². The molecule has 0 aliphatic carbocycles. The minimum Gasteiger partial charge on any atom is -0.370 e. The molecule has 0 bridgehead atoms. The summed E-state index contributed by atoms with van der Waals surface area (Å²) in [6, 6.07) is 3.42. The first-order valence-corrected chi connectivity index (χ1v) is 7.46. The van der Waals surface area contributed by atoms with Gasteiger partial charge in [0.15, 0.2) is 0 Å². The summed E-state index contributed by atoms with van der Waals surface area (Å²) in [6.45, 7) is 4.14. The molecule has 21 heavy (non-hydrogen) atoms. The molecule has 7 heteroatoms.